The highest BCUT2D eigenvalue weighted by atomic mass is 35.5. The summed E-state index contributed by atoms with van der Waals surface area (Å²) >= 11 is 15.7. The maximum atomic E-state index is 13.4. The first-order valence-electron chi connectivity index (χ1n) is 16.6. The van der Waals surface area contributed by atoms with Crippen molar-refractivity contribution in [3.05, 3.63) is 143 Å². The lowest BCUT2D eigenvalue weighted by Crippen LogP contribution is -2.34. The lowest BCUT2D eigenvalue weighted by Gasteiger charge is -2.27. The fourth-order valence-corrected chi connectivity index (χ4v) is 9.24. The van der Waals surface area contributed by atoms with Gasteiger partial charge < -0.3 is 9.80 Å². The Morgan fingerprint density at radius 1 is 0.569 bits per heavy atom. The molecule has 0 aliphatic carbocycles. The van der Waals surface area contributed by atoms with E-state index in [1.54, 1.807) is 23.5 Å². The van der Waals surface area contributed by atoms with E-state index in [0.717, 1.165) is 45.0 Å². The van der Waals surface area contributed by atoms with Crippen LogP contribution in [0.15, 0.2) is 122 Å². The molecule has 6 aromatic rings. The van der Waals surface area contributed by atoms with Gasteiger partial charge in [-0.05, 0) is 55.0 Å². The molecule has 0 saturated carbocycles. The molecular weight excluding hydrogens is 720 g/mol. The quantitative estimate of drug-likeness (QED) is 0.139. The van der Waals surface area contributed by atoms with Gasteiger partial charge in [-0.25, -0.2) is 9.36 Å². The second-order valence-corrected chi connectivity index (χ2v) is 15.3. The number of hydrogen-bond donors (Lipinski definition) is 0. The summed E-state index contributed by atoms with van der Waals surface area (Å²) in [5.74, 6) is 0.913. The Balaban J connectivity index is 1.06. The summed E-state index contributed by atoms with van der Waals surface area (Å²) in [5.41, 5.74) is 7.27. The SMILES string of the molecule is O=C1CS[C@@H](c2cn(-c3ccccc3)nc2-c2ccc(Cl)cc2)N1CCCN1C(=O)CS[C@H]1c1cn(-c2ccccc2)nc1-c1ccc(Cl)cc1. The van der Waals surface area contributed by atoms with Gasteiger partial charge in [0.1, 0.15) is 10.7 Å². The molecule has 0 unspecified atom stereocenters. The predicted octanol–water partition coefficient (Wildman–Crippen LogP) is 8.94. The summed E-state index contributed by atoms with van der Waals surface area (Å²) in [4.78, 5) is 30.7. The number of amides is 2. The first-order valence-corrected chi connectivity index (χ1v) is 19.4. The van der Waals surface area contributed by atoms with Crippen LogP contribution >= 0.6 is 46.7 Å². The Morgan fingerprint density at radius 2 is 0.961 bits per heavy atom. The standard InChI is InChI=1S/C39H32Cl2N6O2S2/c40-28-16-12-26(13-17-28)36-32(22-46(42-36)30-8-3-1-4-9-30)38-44(34(48)24-50-38)20-7-21-45-35(49)25-51-39(45)33-23-47(31-10-5-2-6-11-31)43-37(33)27-14-18-29(41)19-15-27/h1-6,8-19,22-23,38-39H,7,20-21,24-25H2/t38-,39-/m0/s1. The molecule has 256 valence electrons. The van der Waals surface area contributed by atoms with Gasteiger partial charge in [0.15, 0.2) is 0 Å². The first-order chi connectivity index (χ1) is 24.9. The minimum Gasteiger partial charge on any atom is -0.326 e. The van der Waals surface area contributed by atoms with Crippen molar-refractivity contribution in [2.24, 2.45) is 0 Å². The number of benzene rings is 4. The maximum absolute atomic E-state index is 13.4. The van der Waals surface area contributed by atoms with E-state index in [9.17, 15) is 9.59 Å². The van der Waals surface area contributed by atoms with Gasteiger partial charge in [-0.3, -0.25) is 9.59 Å². The third kappa shape index (κ3) is 6.93. The molecule has 2 aromatic heterocycles. The van der Waals surface area contributed by atoms with Crippen molar-refractivity contribution in [2.75, 3.05) is 24.6 Å². The minimum absolute atomic E-state index is 0.0763. The van der Waals surface area contributed by atoms with Gasteiger partial charge in [0.2, 0.25) is 11.8 Å². The molecule has 0 N–H and O–H groups in total. The van der Waals surface area contributed by atoms with E-state index in [1.165, 1.54) is 0 Å². The van der Waals surface area contributed by atoms with Gasteiger partial charge in [-0.2, -0.15) is 10.2 Å². The normalized spacial score (nSPS) is 17.5. The molecule has 2 aliphatic heterocycles. The van der Waals surface area contributed by atoms with Crippen LogP contribution in [0.1, 0.15) is 28.3 Å². The molecule has 0 spiro atoms. The molecule has 2 atom stereocenters. The number of hydrogen-bond acceptors (Lipinski definition) is 6. The van der Waals surface area contributed by atoms with Crippen molar-refractivity contribution in [3.8, 4) is 33.9 Å². The summed E-state index contributed by atoms with van der Waals surface area (Å²) in [5, 5.41) is 10.8. The molecule has 2 aliphatic rings. The van der Waals surface area contributed by atoms with Gasteiger partial charge in [-0.1, -0.05) is 83.9 Å². The van der Waals surface area contributed by atoms with Crippen LogP contribution in [0.2, 0.25) is 10.0 Å². The van der Waals surface area contributed by atoms with Crippen LogP contribution in [0, 0.1) is 0 Å². The smallest absolute Gasteiger partial charge is 0.233 e. The topological polar surface area (TPSA) is 76.3 Å². The number of carbonyl (C=O) groups is 2. The van der Waals surface area contributed by atoms with Gasteiger partial charge in [0.25, 0.3) is 0 Å². The van der Waals surface area contributed by atoms with E-state index < -0.39 is 0 Å². The zero-order valence-electron chi connectivity index (χ0n) is 27.3. The largest absolute Gasteiger partial charge is 0.326 e. The van der Waals surface area contributed by atoms with E-state index in [-0.39, 0.29) is 22.6 Å². The molecule has 4 heterocycles. The van der Waals surface area contributed by atoms with Crippen molar-refractivity contribution in [2.45, 2.75) is 17.2 Å². The number of thioether (sulfide) groups is 2. The van der Waals surface area contributed by atoms with E-state index >= 15 is 0 Å². The summed E-state index contributed by atoms with van der Waals surface area (Å²) in [6.07, 6.45) is 4.68. The van der Waals surface area contributed by atoms with E-state index in [4.69, 9.17) is 33.4 Å². The summed E-state index contributed by atoms with van der Waals surface area (Å²) in [6.45, 7) is 1.00. The Labute approximate surface area is 314 Å². The van der Waals surface area contributed by atoms with Crippen LogP contribution in [-0.4, -0.2) is 65.8 Å². The second-order valence-electron chi connectivity index (χ2n) is 12.3. The van der Waals surface area contributed by atoms with E-state index in [0.29, 0.717) is 41.1 Å². The van der Waals surface area contributed by atoms with Crippen LogP contribution < -0.4 is 0 Å². The highest BCUT2D eigenvalue weighted by Crippen LogP contribution is 2.45. The van der Waals surface area contributed by atoms with Crippen LogP contribution in [0.3, 0.4) is 0 Å². The summed E-state index contributed by atoms with van der Waals surface area (Å²) < 4.78 is 3.75. The fourth-order valence-electron chi connectivity index (χ4n) is 6.54. The van der Waals surface area contributed by atoms with Gasteiger partial charge in [-0.15, -0.1) is 23.5 Å². The molecule has 8 nitrogen and oxygen atoms in total. The zero-order chi connectivity index (χ0) is 34.9. The van der Waals surface area contributed by atoms with Gasteiger partial charge in [0.05, 0.1) is 34.3 Å². The van der Waals surface area contributed by atoms with Crippen molar-refractivity contribution < 1.29 is 9.59 Å². The van der Waals surface area contributed by atoms with Crippen molar-refractivity contribution in [1.82, 2.24) is 29.4 Å². The molecule has 51 heavy (non-hydrogen) atoms. The Kier molecular flexibility index (Phi) is 9.66. The number of nitrogens with zero attached hydrogens (tertiary/aromatic N) is 6. The summed E-state index contributed by atoms with van der Waals surface area (Å²) in [6, 6.07) is 35.2. The van der Waals surface area contributed by atoms with Crippen molar-refractivity contribution in [1.29, 1.82) is 0 Å². The highest BCUT2D eigenvalue weighted by Gasteiger charge is 2.38. The molecular formula is C39H32Cl2N6O2S2. The Bertz CT molecular complexity index is 2020. The number of aromatic nitrogens is 4. The van der Waals surface area contributed by atoms with E-state index in [1.807, 2.05) is 141 Å². The minimum atomic E-state index is -0.222. The number of carbonyl (C=O) groups excluding carboxylic acids is 2. The molecule has 0 radical (unpaired) electrons. The molecule has 2 amide bonds. The highest BCUT2D eigenvalue weighted by molar-refractivity contribution is 8.00. The maximum Gasteiger partial charge on any atom is 0.233 e. The molecule has 2 fully saturated rings. The van der Waals surface area contributed by atoms with Gasteiger partial charge in [0, 0.05) is 57.8 Å². The molecule has 12 heteroatoms. The third-order valence-electron chi connectivity index (χ3n) is 9.03. The summed E-state index contributed by atoms with van der Waals surface area (Å²) in [7, 11) is 0. The molecule has 8 rings (SSSR count). The van der Waals surface area contributed by atoms with E-state index in [2.05, 4.69) is 0 Å². The Hall–Kier alpha value is -4.48. The zero-order valence-corrected chi connectivity index (χ0v) is 30.5. The second kappa shape index (κ2) is 14.6. The molecule has 4 aromatic carbocycles. The first kappa shape index (κ1) is 33.7. The van der Waals surface area contributed by atoms with Crippen LogP contribution in [0.5, 0.6) is 0 Å². The Morgan fingerprint density at radius 3 is 1.35 bits per heavy atom. The lowest BCUT2D eigenvalue weighted by molar-refractivity contribution is -0.128. The number of para-hydroxylation sites is 2. The average molecular weight is 752 g/mol. The van der Waals surface area contributed by atoms with Crippen molar-refractivity contribution >= 4 is 58.5 Å². The average Bonchev–Trinajstić information content (AvgIpc) is 3.96. The number of halogens is 2. The van der Waals surface area contributed by atoms with Gasteiger partial charge >= 0.3 is 0 Å². The predicted molar refractivity (Wildman–Crippen MR) is 206 cm³/mol. The molecule has 2 saturated heterocycles. The third-order valence-corrected chi connectivity index (χ3v) is 12.0. The van der Waals surface area contributed by atoms with Crippen LogP contribution in [-0.2, 0) is 9.59 Å². The van der Waals surface area contributed by atoms with Crippen LogP contribution in [0.4, 0.5) is 0 Å². The lowest BCUT2D eigenvalue weighted by atomic mass is 10.1. The van der Waals surface area contributed by atoms with Crippen molar-refractivity contribution in [3.63, 3.8) is 0 Å². The molecule has 0 bridgehead atoms. The van der Waals surface area contributed by atoms with Crippen LogP contribution in [0.25, 0.3) is 33.9 Å². The monoisotopic (exact) mass is 750 g/mol. The fraction of sp³-hybridized carbons (Fsp3) is 0.179. The number of rotatable bonds is 10.